The molecule has 0 amide bonds. The summed E-state index contributed by atoms with van der Waals surface area (Å²) in [4.78, 5) is 40.7. The van der Waals surface area contributed by atoms with Gasteiger partial charge in [0.25, 0.3) is 10.9 Å². The van der Waals surface area contributed by atoms with E-state index in [1.54, 1.807) is 6.92 Å². The average molecular weight is 425 g/mol. The summed E-state index contributed by atoms with van der Waals surface area (Å²) in [5, 5.41) is 32.4. The standard InChI is InChI=1S/C15H24NO11P/c1-2-25-14-8(10(18)12(14)20)16-4-5-26-15-13(21)11(19)9(17)7(27-15)3-6-28(22,23)24/h7,9,11,13,15-17,19,21H,2-6H2,1H3,(H2,22,23,24)/t7?,9-,11+,13?,15+/m1/s1. The van der Waals surface area contributed by atoms with Crippen molar-refractivity contribution in [1.29, 1.82) is 0 Å². The van der Waals surface area contributed by atoms with Crippen molar-refractivity contribution in [2.45, 2.75) is 44.1 Å². The third kappa shape index (κ3) is 5.37. The average Bonchev–Trinajstić information content (AvgIpc) is 2.64. The van der Waals surface area contributed by atoms with Gasteiger partial charge in [0.1, 0.15) is 24.0 Å². The lowest BCUT2D eigenvalue weighted by Gasteiger charge is -2.40. The Morgan fingerprint density at radius 1 is 1.11 bits per heavy atom. The van der Waals surface area contributed by atoms with Crippen LogP contribution in [0.25, 0.3) is 0 Å². The van der Waals surface area contributed by atoms with Crippen LogP contribution < -0.4 is 20.9 Å². The molecule has 1 aliphatic heterocycles. The molecule has 1 saturated heterocycles. The van der Waals surface area contributed by atoms with Crippen molar-refractivity contribution in [2.24, 2.45) is 0 Å². The maximum Gasteiger partial charge on any atom is 0.325 e. The molecule has 5 atom stereocenters. The summed E-state index contributed by atoms with van der Waals surface area (Å²) < 4.78 is 26.6. The van der Waals surface area contributed by atoms with Crippen molar-refractivity contribution in [3.63, 3.8) is 0 Å². The van der Waals surface area contributed by atoms with Gasteiger partial charge in [-0.05, 0) is 13.3 Å². The van der Waals surface area contributed by atoms with Crippen LogP contribution in [0, 0.1) is 0 Å². The van der Waals surface area contributed by atoms with Gasteiger partial charge >= 0.3 is 7.60 Å². The van der Waals surface area contributed by atoms with Gasteiger partial charge in [-0.1, -0.05) is 0 Å². The Morgan fingerprint density at radius 3 is 2.39 bits per heavy atom. The predicted octanol–water partition coefficient (Wildman–Crippen LogP) is -2.51. The summed E-state index contributed by atoms with van der Waals surface area (Å²) in [6.07, 6.45) is -8.11. The Hall–Kier alpha value is -1.37. The van der Waals surface area contributed by atoms with Crippen LogP contribution in [0.1, 0.15) is 13.3 Å². The van der Waals surface area contributed by atoms with Gasteiger partial charge in [0, 0.05) is 6.54 Å². The zero-order chi connectivity index (χ0) is 21.1. The second-order valence-corrected chi connectivity index (χ2v) is 8.06. The zero-order valence-corrected chi connectivity index (χ0v) is 15.9. The maximum atomic E-state index is 11.5. The normalized spacial score (nSPS) is 28.4. The smallest absolute Gasteiger partial charge is 0.325 e. The van der Waals surface area contributed by atoms with Gasteiger partial charge < -0.3 is 44.6 Å². The van der Waals surface area contributed by atoms with E-state index in [0.717, 1.165) is 0 Å². The quantitative estimate of drug-likeness (QED) is 0.131. The van der Waals surface area contributed by atoms with Crippen molar-refractivity contribution in [1.82, 2.24) is 0 Å². The molecule has 2 rings (SSSR count). The fourth-order valence-corrected chi connectivity index (χ4v) is 3.34. The molecule has 160 valence electrons. The Kier molecular flexibility index (Phi) is 7.71. The lowest BCUT2D eigenvalue weighted by atomic mass is 9.97. The molecular formula is C15H24NO11P. The molecular weight excluding hydrogens is 401 g/mol. The van der Waals surface area contributed by atoms with Crippen LogP contribution in [0.2, 0.25) is 0 Å². The lowest BCUT2D eigenvalue weighted by Crippen LogP contribution is -2.58. The zero-order valence-electron chi connectivity index (χ0n) is 15.1. The van der Waals surface area contributed by atoms with E-state index in [2.05, 4.69) is 5.32 Å². The first-order valence-electron chi connectivity index (χ1n) is 8.62. The van der Waals surface area contributed by atoms with E-state index in [-0.39, 0.29) is 37.6 Å². The van der Waals surface area contributed by atoms with Gasteiger partial charge in [0.2, 0.25) is 0 Å². The number of aliphatic hydroxyl groups is 3. The third-order valence-electron chi connectivity index (χ3n) is 4.21. The molecule has 0 aromatic heterocycles. The summed E-state index contributed by atoms with van der Waals surface area (Å²) in [6, 6.07) is 0. The van der Waals surface area contributed by atoms with Crippen molar-refractivity contribution >= 4 is 13.3 Å². The van der Waals surface area contributed by atoms with Crippen molar-refractivity contribution in [2.75, 3.05) is 31.2 Å². The topological polar surface area (TPSA) is 192 Å². The van der Waals surface area contributed by atoms with Crippen molar-refractivity contribution in [3.8, 4) is 5.75 Å². The Morgan fingerprint density at radius 2 is 1.79 bits per heavy atom. The first-order valence-corrected chi connectivity index (χ1v) is 10.4. The highest BCUT2D eigenvalue weighted by Crippen LogP contribution is 2.37. The van der Waals surface area contributed by atoms with Crippen LogP contribution in [0.15, 0.2) is 9.59 Å². The van der Waals surface area contributed by atoms with Gasteiger partial charge in [-0.25, -0.2) is 0 Å². The van der Waals surface area contributed by atoms with Gasteiger partial charge in [-0.3, -0.25) is 14.2 Å². The van der Waals surface area contributed by atoms with Crippen LogP contribution in [-0.4, -0.2) is 81.7 Å². The van der Waals surface area contributed by atoms with Crippen LogP contribution >= 0.6 is 7.60 Å². The predicted molar refractivity (Wildman–Crippen MR) is 95.2 cm³/mol. The number of hydrogen-bond acceptors (Lipinski definition) is 10. The van der Waals surface area contributed by atoms with Gasteiger partial charge in [0.15, 0.2) is 12.0 Å². The summed E-state index contributed by atoms with van der Waals surface area (Å²) in [7, 11) is -4.33. The van der Waals surface area contributed by atoms with Gasteiger partial charge in [0.05, 0.1) is 25.5 Å². The van der Waals surface area contributed by atoms with E-state index in [9.17, 15) is 29.5 Å². The molecule has 0 bridgehead atoms. The van der Waals surface area contributed by atoms with Crippen LogP contribution in [0.4, 0.5) is 5.69 Å². The third-order valence-corrected chi connectivity index (χ3v) is 5.06. The first kappa shape index (κ1) is 22.9. The fraction of sp³-hybridized carbons (Fsp3) is 0.733. The second kappa shape index (κ2) is 9.42. The number of ether oxygens (including phenoxy) is 3. The maximum absolute atomic E-state index is 11.5. The summed E-state index contributed by atoms with van der Waals surface area (Å²) in [6.45, 7) is 1.81. The van der Waals surface area contributed by atoms with Crippen molar-refractivity contribution < 1.29 is 43.9 Å². The molecule has 12 nitrogen and oxygen atoms in total. The van der Waals surface area contributed by atoms with Crippen molar-refractivity contribution in [3.05, 3.63) is 20.4 Å². The van der Waals surface area contributed by atoms with E-state index in [1.165, 1.54) is 0 Å². The van der Waals surface area contributed by atoms with Gasteiger partial charge in [-0.15, -0.1) is 0 Å². The van der Waals surface area contributed by atoms with E-state index < -0.39 is 55.3 Å². The Balaban J connectivity index is 1.87. The molecule has 13 heteroatoms. The molecule has 1 fully saturated rings. The highest BCUT2D eigenvalue weighted by atomic mass is 31.2. The SMILES string of the molecule is CCOc1c(NCCO[C@H]2OC(CCP(=O)(O)O)[C@@H](O)[C@H](O)C2O)c(=O)c1=O. The molecule has 0 saturated carbocycles. The molecule has 1 aromatic rings. The van der Waals surface area contributed by atoms with E-state index in [0.29, 0.717) is 0 Å². The highest BCUT2D eigenvalue weighted by molar-refractivity contribution is 7.51. The minimum atomic E-state index is -4.33. The van der Waals surface area contributed by atoms with E-state index >= 15 is 0 Å². The number of rotatable bonds is 10. The minimum Gasteiger partial charge on any atom is -0.488 e. The summed E-state index contributed by atoms with van der Waals surface area (Å²) in [5.74, 6) is -0.0579. The number of nitrogens with one attached hydrogen (secondary N) is 1. The highest BCUT2D eigenvalue weighted by Gasteiger charge is 2.44. The Bertz CT molecular complexity index is 770. The summed E-state index contributed by atoms with van der Waals surface area (Å²) >= 11 is 0. The van der Waals surface area contributed by atoms with Crippen LogP contribution in [0.3, 0.4) is 0 Å². The first-order chi connectivity index (χ1) is 13.1. The molecule has 0 spiro atoms. The molecule has 1 aromatic carbocycles. The number of aliphatic hydroxyl groups excluding tert-OH is 3. The van der Waals surface area contributed by atoms with E-state index in [1.807, 2.05) is 0 Å². The lowest BCUT2D eigenvalue weighted by molar-refractivity contribution is -0.295. The second-order valence-electron chi connectivity index (χ2n) is 6.28. The van der Waals surface area contributed by atoms with Crippen LogP contribution in [0.5, 0.6) is 5.75 Å². The largest absolute Gasteiger partial charge is 0.488 e. The summed E-state index contributed by atoms with van der Waals surface area (Å²) in [5.41, 5.74) is -1.41. The minimum absolute atomic E-state index is 0.0236. The molecule has 0 aliphatic carbocycles. The molecule has 1 heterocycles. The molecule has 2 unspecified atom stereocenters. The molecule has 6 N–H and O–H groups in total. The molecule has 0 radical (unpaired) electrons. The Labute approximate surface area is 159 Å². The van der Waals surface area contributed by atoms with Gasteiger partial charge in [-0.2, -0.15) is 0 Å². The molecule has 1 aliphatic rings. The van der Waals surface area contributed by atoms with Crippen LogP contribution in [-0.2, 0) is 14.0 Å². The number of anilines is 1. The fourth-order valence-electron chi connectivity index (χ4n) is 2.75. The van der Waals surface area contributed by atoms with E-state index in [4.69, 9.17) is 24.0 Å². The molecule has 28 heavy (non-hydrogen) atoms. The number of hydrogen-bond donors (Lipinski definition) is 6. The monoisotopic (exact) mass is 425 g/mol.